The summed E-state index contributed by atoms with van der Waals surface area (Å²) in [5.41, 5.74) is 0. The highest BCUT2D eigenvalue weighted by Gasteiger charge is 2.25. The van der Waals surface area contributed by atoms with Gasteiger partial charge in [-0.05, 0) is 19.9 Å². The van der Waals surface area contributed by atoms with Crippen LogP contribution in [0.2, 0.25) is 0 Å². The zero-order valence-electron chi connectivity index (χ0n) is 10.7. The molecule has 1 atom stereocenters. The summed E-state index contributed by atoms with van der Waals surface area (Å²) in [4.78, 5) is 24.7. The number of carbonyl (C=O) groups excluding carboxylic acids is 2. The fourth-order valence-electron chi connectivity index (χ4n) is 2.04. The first kappa shape index (κ1) is 14.0. The lowest BCUT2D eigenvalue weighted by molar-refractivity contribution is -0.145. The molecule has 0 aromatic rings. The van der Waals surface area contributed by atoms with Gasteiger partial charge in [-0.3, -0.25) is 9.59 Å². The van der Waals surface area contributed by atoms with Crippen LogP contribution in [0.3, 0.4) is 0 Å². The number of likely N-dealkylation sites (N-methyl/N-ethyl adjacent to an activating group) is 1. The lowest BCUT2D eigenvalue weighted by atomic mass is 10.2. The SMILES string of the molecule is CCNC1CCN(C(=O)CCC(=O)OCC)C1. The molecule has 0 aromatic carbocycles. The second-order valence-corrected chi connectivity index (χ2v) is 4.19. The Balaban J connectivity index is 2.22. The van der Waals surface area contributed by atoms with E-state index in [-0.39, 0.29) is 24.7 Å². The molecule has 1 amide bonds. The Kier molecular flexibility index (Phi) is 5.97. The van der Waals surface area contributed by atoms with Gasteiger partial charge in [-0.1, -0.05) is 6.92 Å². The number of nitrogens with zero attached hydrogens (tertiary/aromatic N) is 1. The van der Waals surface area contributed by atoms with Crippen molar-refractivity contribution in [3.05, 3.63) is 0 Å². The number of hydrogen-bond donors (Lipinski definition) is 1. The maximum Gasteiger partial charge on any atom is 0.306 e. The van der Waals surface area contributed by atoms with Gasteiger partial charge in [0.05, 0.1) is 13.0 Å². The first-order chi connectivity index (χ1) is 8.17. The van der Waals surface area contributed by atoms with Gasteiger partial charge in [0.2, 0.25) is 5.91 Å². The molecular weight excluding hydrogens is 220 g/mol. The highest BCUT2D eigenvalue weighted by atomic mass is 16.5. The summed E-state index contributed by atoms with van der Waals surface area (Å²) in [7, 11) is 0. The van der Waals surface area contributed by atoms with E-state index in [1.807, 2.05) is 4.90 Å². The minimum absolute atomic E-state index is 0.0541. The highest BCUT2D eigenvalue weighted by molar-refractivity contribution is 5.81. The van der Waals surface area contributed by atoms with E-state index < -0.39 is 0 Å². The fraction of sp³-hybridized carbons (Fsp3) is 0.833. The standard InChI is InChI=1S/C12H22N2O3/c1-3-13-10-7-8-14(9-10)11(15)5-6-12(16)17-4-2/h10,13H,3-9H2,1-2H3. The monoisotopic (exact) mass is 242 g/mol. The molecule has 17 heavy (non-hydrogen) atoms. The van der Waals surface area contributed by atoms with Gasteiger partial charge in [0.1, 0.15) is 0 Å². The van der Waals surface area contributed by atoms with E-state index in [9.17, 15) is 9.59 Å². The van der Waals surface area contributed by atoms with Crippen molar-refractivity contribution >= 4 is 11.9 Å². The van der Waals surface area contributed by atoms with Gasteiger partial charge in [-0.25, -0.2) is 0 Å². The summed E-state index contributed by atoms with van der Waals surface area (Å²) in [6.45, 7) is 6.68. The van der Waals surface area contributed by atoms with Crippen LogP contribution in [0.15, 0.2) is 0 Å². The summed E-state index contributed by atoms with van der Waals surface area (Å²) in [5.74, 6) is -0.235. The van der Waals surface area contributed by atoms with Crippen LogP contribution in [-0.4, -0.2) is 49.1 Å². The van der Waals surface area contributed by atoms with Crippen molar-refractivity contribution in [3.8, 4) is 0 Å². The summed E-state index contributed by atoms with van der Waals surface area (Å²) in [5, 5.41) is 3.33. The van der Waals surface area contributed by atoms with Gasteiger partial charge in [-0.15, -0.1) is 0 Å². The number of amides is 1. The van der Waals surface area contributed by atoms with Crippen LogP contribution in [0, 0.1) is 0 Å². The van der Waals surface area contributed by atoms with Crippen molar-refractivity contribution in [2.75, 3.05) is 26.2 Å². The minimum atomic E-state index is -0.289. The molecule has 1 fully saturated rings. The first-order valence-electron chi connectivity index (χ1n) is 6.34. The lowest BCUT2D eigenvalue weighted by Crippen LogP contribution is -2.35. The normalized spacial score (nSPS) is 19.4. The van der Waals surface area contributed by atoms with Gasteiger partial charge >= 0.3 is 5.97 Å². The predicted molar refractivity (Wildman–Crippen MR) is 64.5 cm³/mol. The number of ether oxygens (including phenoxy) is 1. The van der Waals surface area contributed by atoms with Gasteiger partial charge in [0.25, 0.3) is 0 Å². The van der Waals surface area contributed by atoms with E-state index in [2.05, 4.69) is 12.2 Å². The van der Waals surface area contributed by atoms with E-state index >= 15 is 0 Å². The molecule has 1 heterocycles. The molecule has 0 radical (unpaired) electrons. The largest absolute Gasteiger partial charge is 0.466 e. The molecule has 0 aliphatic carbocycles. The Bertz CT molecular complexity index is 268. The predicted octanol–water partition coefficient (Wildman–Crippen LogP) is 0.540. The van der Waals surface area contributed by atoms with E-state index in [4.69, 9.17) is 4.74 Å². The van der Waals surface area contributed by atoms with Crippen molar-refractivity contribution in [1.29, 1.82) is 0 Å². The molecular formula is C12H22N2O3. The average Bonchev–Trinajstić information content (AvgIpc) is 2.75. The maximum atomic E-state index is 11.8. The Morgan fingerprint density at radius 2 is 2.12 bits per heavy atom. The molecule has 0 saturated carbocycles. The van der Waals surface area contributed by atoms with Crippen molar-refractivity contribution in [3.63, 3.8) is 0 Å². The molecule has 98 valence electrons. The maximum absolute atomic E-state index is 11.8. The molecule has 0 aromatic heterocycles. The minimum Gasteiger partial charge on any atom is -0.466 e. The molecule has 1 N–H and O–H groups in total. The van der Waals surface area contributed by atoms with E-state index in [1.54, 1.807) is 6.92 Å². The molecule has 1 aliphatic heterocycles. The number of nitrogens with one attached hydrogen (secondary N) is 1. The Morgan fingerprint density at radius 1 is 1.35 bits per heavy atom. The van der Waals surface area contributed by atoms with E-state index in [1.165, 1.54) is 0 Å². The molecule has 1 rings (SSSR count). The second kappa shape index (κ2) is 7.27. The van der Waals surface area contributed by atoms with Crippen LogP contribution in [0.4, 0.5) is 0 Å². The number of esters is 1. The third-order valence-electron chi connectivity index (χ3n) is 2.88. The second-order valence-electron chi connectivity index (χ2n) is 4.19. The van der Waals surface area contributed by atoms with Gasteiger partial charge in [-0.2, -0.15) is 0 Å². The molecule has 1 saturated heterocycles. The van der Waals surface area contributed by atoms with Gasteiger partial charge in [0.15, 0.2) is 0 Å². The number of carbonyl (C=O) groups is 2. The third kappa shape index (κ3) is 4.73. The van der Waals surface area contributed by atoms with Crippen molar-refractivity contribution < 1.29 is 14.3 Å². The number of rotatable bonds is 6. The van der Waals surface area contributed by atoms with Gasteiger partial charge < -0.3 is 15.0 Å². The van der Waals surface area contributed by atoms with Crippen molar-refractivity contribution in [2.45, 2.75) is 39.2 Å². The van der Waals surface area contributed by atoms with E-state index in [0.717, 1.165) is 26.1 Å². The van der Waals surface area contributed by atoms with Crippen LogP contribution >= 0.6 is 0 Å². The Hall–Kier alpha value is -1.10. The van der Waals surface area contributed by atoms with E-state index in [0.29, 0.717) is 12.6 Å². The Labute approximate surface area is 102 Å². The average molecular weight is 242 g/mol. The molecule has 0 spiro atoms. The van der Waals surface area contributed by atoms with Gasteiger partial charge in [0, 0.05) is 25.6 Å². The summed E-state index contributed by atoms with van der Waals surface area (Å²) < 4.78 is 4.79. The zero-order chi connectivity index (χ0) is 12.7. The summed E-state index contributed by atoms with van der Waals surface area (Å²) >= 11 is 0. The summed E-state index contributed by atoms with van der Waals surface area (Å²) in [6.07, 6.45) is 1.45. The summed E-state index contributed by atoms with van der Waals surface area (Å²) in [6, 6.07) is 0.409. The van der Waals surface area contributed by atoms with Crippen LogP contribution in [0.1, 0.15) is 33.1 Å². The van der Waals surface area contributed by atoms with Crippen molar-refractivity contribution in [1.82, 2.24) is 10.2 Å². The highest BCUT2D eigenvalue weighted by Crippen LogP contribution is 2.11. The first-order valence-corrected chi connectivity index (χ1v) is 6.34. The molecule has 1 unspecified atom stereocenters. The Morgan fingerprint density at radius 3 is 2.76 bits per heavy atom. The lowest BCUT2D eigenvalue weighted by Gasteiger charge is -2.16. The van der Waals surface area contributed by atoms with Crippen LogP contribution in [0.5, 0.6) is 0 Å². The number of likely N-dealkylation sites (tertiary alicyclic amines) is 1. The molecule has 0 bridgehead atoms. The van der Waals surface area contributed by atoms with Crippen LogP contribution in [-0.2, 0) is 14.3 Å². The quantitative estimate of drug-likeness (QED) is 0.691. The van der Waals surface area contributed by atoms with Crippen LogP contribution in [0.25, 0.3) is 0 Å². The van der Waals surface area contributed by atoms with Crippen LogP contribution < -0.4 is 5.32 Å². The van der Waals surface area contributed by atoms with Crippen molar-refractivity contribution in [2.24, 2.45) is 0 Å². The topological polar surface area (TPSA) is 58.6 Å². The fourth-order valence-corrected chi connectivity index (χ4v) is 2.04. The molecule has 5 nitrogen and oxygen atoms in total. The zero-order valence-corrected chi connectivity index (χ0v) is 10.7. The molecule has 1 aliphatic rings. The molecule has 5 heteroatoms. The number of hydrogen-bond acceptors (Lipinski definition) is 4. The smallest absolute Gasteiger partial charge is 0.306 e. The third-order valence-corrected chi connectivity index (χ3v) is 2.88.